The minimum atomic E-state index is -3.78. The number of hydrogen-bond donors (Lipinski definition) is 1. The van der Waals surface area contributed by atoms with E-state index in [1.165, 1.54) is 6.07 Å². The summed E-state index contributed by atoms with van der Waals surface area (Å²) in [6.07, 6.45) is 0.913. The lowest BCUT2D eigenvalue weighted by atomic mass is 10.2. The van der Waals surface area contributed by atoms with E-state index in [4.69, 9.17) is 9.52 Å². The monoisotopic (exact) mass is 273 g/mol. The van der Waals surface area contributed by atoms with Crippen LogP contribution in [0.3, 0.4) is 0 Å². The van der Waals surface area contributed by atoms with Gasteiger partial charge in [0.2, 0.25) is 10.0 Å². The topological polar surface area (TPSA) is 87.8 Å². The fraction of sp³-hybridized carbons (Fsp3) is 0.545. The first-order valence-corrected chi connectivity index (χ1v) is 7.09. The van der Waals surface area contributed by atoms with Crippen LogP contribution in [0.15, 0.2) is 15.4 Å². The van der Waals surface area contributed by atoms with Gasteiger partial charge in [-0.2, -0.15) is 4.31 Å². The molecular weight excluding hydrogens is 258 g/mol. The summed E-state index contributed by atoms with van der Waals surface area (Å²) >= 11 is 0. The number of carbonyl (C=O) groups is 1. The number of aliphatic carboxylic acids is 1. The van der Waals surface area contributed by atoms with Gasteiger partial charge in [-0.1, -0.05) is 0 Å². The SMILES string of the molecule is Cc1cc(S(=O)(=O)N2CCCC2C(=O)O)c(C)o1. The van der Waals surface area contributed by atoms with Crippen LogP contribution in [0.2, 0.25) is 0 Å². The van der Waals surface area contributed by atoms with Crippen molar-refractivity contribution in [2.24, 2.45) is 0 Å². The fourth-order valence-electron chi connectivity index (χ4n) is 2.26. The Kier molecular flexibility index (Phi) is 3.20. The second-order valence-electron chi connectivity index (χ2n) is 4.39. The second-order valence-corrected chi connectivity index (χ2v) is 6.25. The number of sulfonamides is 1. The molecule has 1 fully saturated rings. The second kappa shape index (κ2) is 4.40. The Balaban J connectivity index is 2.43. The zero-order chi connectivity index (χ0) is 13.5. The third-order valence-corrected chi connectivity index (χ3v) is 5.09. The predicted octanol–water partition coefficient (Wildman–Crippen LogP) is 1.13. The highest BCUT2D eigenvalue weighted by Crippen LogP contribution is 2.29. The molecule has 0 spiro atoms. The molecule has 0 aliphatic carbocycles. The highest BCUT2D eigenvalue weighted by molar-refractivity contribution is 7.89. The number of hydrogen-bond acceptors (Lipinski definition) is 4. The number of carboxylic acid groups (broad SMARTS) is 1. The zero-order valence-corrected chi connectivity index (χ0v) is 11.0. The van der Waals surface area contributed by atoms with Gasteiger partial charge in [-0.15, -0.1) is 0 Å². The van der Waals surface area contributed by atoms with Crippen molar-refractivity contribution in [3.8, 4) is 0 Å². The summed E-state index contributed by atoms with van der Waals surface area (Å²) in [4.78, 5) is 11.1. The van der Waals surface area contributed by atoms with Gasteiger partial charge in [0.25, 0.3) is 0 Å². The van der Waals surface area contributed by atoms with E-state index in [9.17, 15) is 13.2 Å². The van der Waals surface area contributed by atoms with Gasteiger partial charge < -0.3 is 9.52 Å². The van der Waals surface area contributed by atoms with Gasteiger partial charge >= 0.3 is 5.97 Å². The summed E-state index contributed by atoms with van der Waals surface area (Å²) < 4.78 is 31.0. The molecule has 2 heterocycles. The molecule has 1 unspecified atom stereocenters. The highest BCUT2D eigenvalue weighted by atomic mass is 32.2. The van der Waals surface area contributed by atoms with Crippen LogP contribution in [-0.4, -0.2) is 36.4 Å². The number of carboxylic acids is 1. The first-order chi connectivity index (χ1) is 8.34. The number of aryl methyl sites for hydroxylation is 2. The van der Waals surface area contributed by atoms with Crippen molar-refractivity contribution in [2.45, 2.75) is 37.6 Å². The highest BCUT2D eigenvalue weighted by Gasteiger charge is 2.40. The number of rotatable bonds is 3. The van der Waals surface area contributed by atoms with Crippen LogP contribution in [0.25, 0.3) is 0 Å². The average Bonchev–Trinajstić information content (AvgIpc) is 2.84. The molecule has 1 aromatic heterocycles. The lowest BCUT2D eigenvalue weighted by Gasteiger charge is -2.20. The molecule has 0 aromatic carbocycles. The minimum Gasteiger partial charge on any atom is -0.480 e. The largest absolute Gasteiger partial charge is 0.480 e. The Bertz CT molecular complexity index is 574. The van der Waals surface area contributed by atoms with Crippen molar-refractivity contribution in [3.63, 3.8) is 0 Å². The van der Waals surface area contributed by atoms with E-state index in [0.717, 1.165) is 4.31 Å². The van der Waals surface area contributed by atoms with E-state index < -0.39 is 22.0 Å². The Labute approximate surface area is 105 Å². The van der Waals surface area contributed by atoms with Crippen molar-refractivity contribution in [3.05, 3.63) is 17.6 Å². The van der Waals surface area contributed by atoms with E-state index in [-0.39, 0.29) is 11.4 Å². The van der Waals surface area contributed by atoms with Gasteiger partial charge in [0, 0.05) is 6.54 Å². The summed E-state index contributed by atoms with van der Waals surface area (Å²) in [5.74, 6) is -0.311. The van der Waals surface area contributed by atoms with Crippen molar-refractivity contribution in [1.29, 1.82) is 0 Å². The predicted molar refractivity (Wildman–Crippen MR) is 62.7 cm³/mol. The van der Waals surface area contributed by atoms with Crippen LogP contribution in [0, 0.1) is 13.8 Å². The Morgan fingerprint density at radius 3 is 2.67 bits per heavy atom. The van der Waals surface area contributed by atoms with Crippen molar-refractivity contribution in [2.75, 3.05) is 6.54 Å². The molecule has 1 aliphatic rings. The number of furan rings is 1. The van der Waals surface area contributed by atoms with E-state index in [0.29, 0.717) is 24.4 Å². The van der Waals surface area contributed by atoms with Crippen LogP contribution in [0.1, 0.15) is 24.4 Å². The smallest absolute Gasteiger partial charge is 0.322 e. The summed E-state index contributed by atoms with van der Waals surface area (Å²) in [5, 5.41) is 9.04. The van der Waals surface area contributed by atoms with Crippen molar-refractivity contribution < 1.29 is 22.7 Å². The van der Waals surface area contributed by atoms with Crippen molar-refractivity contribution >= 4 is 16.0 Å². The summed E-state index contributed by atoms with van der Waals surface area (Å²) in [6.45, 7) is 3.46. The fourth-order valence-corrected chi connectivity index (χ4v) is 4.14. The van der Waals surface area contributed by atoms with Crippen molar-refractivity contribution in [1.82, 2.24) is 4.31 Å². The van der Waals surface area contributed by atoms with Gasteiger partial charge in [-0.25, -0.2) is 8.42 Å². The molecule has 2 rings (SSSR count). The van der Waals surface area contributed by atoms with E-state index in [2.05, 4.69) is 0 Å². The maximum atomic E-state index is 12.4. The first kappa shape index (κ1) is 13.1. The van der Waals surface area contributed by atoms with Crippen LogP contribution >= 0.6 is 0 Å². The summed E-state index contributed by atoms with van der Waals surface area (Å²) in [6, 6.07) is 0.464. The molecule has 1 aromatic rings. The van der Waals surface area contributed by atoms with Crippen LogP contribution < -0.4 is 0 Å². The maximum Gasteiger partial charge on any atom is 0.322 e. The molecule has 0 bridgehead atoms. The zero-order valence-electron chi connectivity index (χ0n) is 10.2. The molecule has 1 saturated heterocycles. The summed E-state index contributed by atoms with van der Waals surface area (Å²) in [7, 11) is -3.78. The lowest BCUT2D eigenvalue weighted by molar-refractivity contribution is -0.140. The standard InChI is InChI=1S/C11H15NO5S/c1-7-6-10(8(2)17-7)18(15,16)12-5-3-4-9(12)11(13)14/h6,9H,3-5H2,1-2H3,(H,13,14). The molecule has 1 atom stereocenters. The summed E-state index contributed by atoms with van der Waals surface area (Å²) in [5.41, 5.74) is 0. The van der Waals surface area contributed by atoms with Gasteiger partial charge in [-0.3, -0.25) is 4.79 Å². The first-order valence-electron chi connectivity index (χ1n) is 5.65. The van der Waals surface area contributed by atoms with Gasteiger partial charge in [0.1, 0.15) is 22.5 Å². The Morgan fingerprint density at radius 1 is 1.50 bits per heavy atom. The molecule has 100 valence electrons. The molecular formula is C11H15NO5S. The molecule has 6 nitrogen and oxygen atoms in total. The molecule has 0 amide bonds. The maximum absolute atomic E-state index is 12.4. The third kappa shape index (κ3) is 2.04. The van der Waals surface area contributed by atoms with Crippen LogP contribution in [0.4, 0.5) is 0 Å². The molecule has 7 heteroatoms. The molecule has 18 heavy (non-hydrogen) atoms. The van der Waals surface area contributed by atoms with Gasteiger partial charge in [-0.05, 0) is 32.8 Å². The quantitative estimate of drug-likeness (QED) is 0.892. The minimum absolute atomic E-state index is 0.0631. The Morgan fingerprint density at radius 2 is 2.17 bits per heavy atom. The van der Waals surface area contributed by atoms with E-state index in [1.54, 1.807) is 13.8 Å². The van der Waals surface area contributed by atoms with Gasteiger partial charge in [0.15, 0.2) is 0 Å². The Hall–Kier alpha value is -1.34. The van der Waals surface area contributed by atoms with E-state index >= 15 is 0 Å². The molecule has 0 radical (unpaired) electrons. The lowest BCUT2D eigenvalue weighted by Crippen LogP contribution is -2.40. The normalized spacial score (nSPS) is 21.3. The van der Waals surface area contributed by atoms with Crippen LogP contribution in [0.5, 0.6) is 0 Å². The van der Waals surface area contributed by atoms with Gasteiger partial charge in [0.05, 0.1) is 0 Å². The average molecular weight is 273 g/mol. The molecule has 1 aliphatic heterocycles. The molecule has 0 saturated carbocycles. The molecule has 1 N–H and O–H groups in total. The van der Waals surface area contributed by atoms with Crippen LogP contribution in [-0.2, 0) is 14.8 Å². The third-order valence-electron chi connectivity index (χ3n) is 3.07. The number of nitrogens with zero attached hydrogens (tertiary/aromatic N) is 1. The van der Waals surface area contributed by atoms with E-state index in [1.807, 2.05) is 0 Å².